The first-order chi connectivity index (χ1) is 3.31. The van der Waals surface area contributed by atoms with Crippen LogP contribution in [0.15, 0.2) is 0 Å². The van der Waals surface area contributed by atoms with Crippen LogP contribution in [0, 0.1) is 5.92 Å². The van der Waals surface area contributed by atoms with Crippen molar-refractivity contribution in [1.82, 2.24) is 0 Å². The molecular formula is C5H13NS. The SMILES string of the molecule is CC[C@@H](C)CSN. The van der Waals surface area contributed by atoms with E-state index < -0.39 is 0 Å². The predicted octanol–water partition coefficient (Wildman–Crippen LogP) is 1.64. The standard InChI is InChI=1S/C5H13NS/c1-3-5(2)4-7-6/h5H,3-4,6H2,1-2H3/t5-/m1/s1. The van der Waals surface area contributed by atoms with Gasteiger partial charge in [-0.2, -0.15) is 0 Å². The van der Waals surface area contributed by atoms with E-state index >= 15 is 0 Å². The Hall–Kier alpha value is 0.310. The van der Waals surface area contributed by atoms with Crippen LogP contribution in [0.4, 0.5) is 0 Å². The van der Waals surface area contributed by atoms with Crippen LogP contribution in [-0.4, -0.2) is 5.75 Å². The molecule has 0 heterocycles. The van der Waals surface area contributed by atoms with Crippen molar-refractivity contribution < 1.29 is 0 Å². The first-order valence-electron chi connectivity index (χ1n) is 2.63. The van der Waals surface area contributed by atoms with Crippen molar-refractivity contribution >= 4 is 11.9 Å². The molecule has 0 aliphatic carbocycles. The van der Waals surface area contributed by atoms with E-state index in [-0.39, 0.29) is 0 Å². The smallest absolute Gasteiger partial charge is 0.0102 e. The Morgan fingerprint density at radius 2 is 2.29 bits per heavy atom. The molecule has 0 aromatic rings. The molecule has 0 aromatic heterocycles. The van der Waals surface area contributed by atoms with E-state index in [0.29, 0.717) is 0 Å². The molecule has 0 saturated heterocycles. The van der Waals surface area contributed by atoms with Crippen molar-refractivity contribution in [3.8, 4) is 0 Å². The normalized spacial score (nSPS) is 14.1. The lowest BCUT2D eigenvalue weighted by Gasteiger charge is -2.01. The Labute approximate surface area is 49.8 Å². The first-order valence-corrected chi connectivity index (χ1v) is 3.67. The van der Waals surface area contributed by atoms with E-state index in [2.05, 4.69) is 13.8 Å². The average Bonchev–Trinajstić information content (AvgIpc) is 1.68. The monoisotopic (exact) mass is 119 g/mol. The molecule has 0 aliphatic heterocycles. The third kappa shape index (κ3) is 4.16. The molecule has 0 unspecified atom stereocenters. The number of rotatable bonds is 3. The van der Waals surface area contributed by atoms with Gasteiger partial charge in [0.1, 0.15) is 0 Å². The summed E-state index contributed by atoms with van der Waals surface area (Å²) in [5.74, 6) is 1.88. The second kappa shape index (κ2) is 4.47. The minimum Gasteiger partial charge on any atom is -0.278 e. The third-order valence-corrected chi connectivity index (χ3v) is 1.84. The number of hydrogen-bond donors (Lipinski definition) is 1. The Morgan fingerprint density at radius 1 is 1.71 bits per heavy atom. The van der Waals surface area contributed by atoms with Gasteiger partial charge >= 0.3 is 0 Å². The van der Waals surface area contributed by atoms with Crippen LogP contribution in [0.1, 0.15) is 20.3 Å². The van der Waals surface area contributed by atoms with Crippen LogP contribution >= 0.6 is 11.9 Å². The molecule has 0 bridgehead atoms. The zero-order valence-corrected chi connectivity index (χ0v) is 5.79. The van der Waals surface area contributed by atoms with Gasteiger partial charge in [-0.05, 0) is 5.92 Å². The van der Waals surface area contributed by atoms with Crippen molar-refractivity contribution in [1.29, 1.82) is 0 Å². The van der Waals surface area contributed by atoms with Gasteiger partial charge in [0.25, 0.3) is 0 Å². The Kier molecular flexibility index (Phi) is 4.67. The number of nitrogens with two attached hydrogens (primary N) is 1. The van der Waals surface area contributed by atoms with Gasteiger partial charge in [-0.1, -0.05) is 32.2 Å². The lowest BCUT2D eigenvalue weighted by atomic mass is 10.2. The average molecular weight is 119 g/mol. The van der Waals surface area contributed by atoms with Gasteiger partial charge in [-0.25, -0.2) is 0 Å². The largest absolute Gasteiger partial charge is 0.278 e. The van der Waals surface area contributed by atoms with Crippen molar-refractivity contribution in [3.05, 3.63) is 0 Å². The van der Waals surface area contributed by atoms with Crippen molar-refractivity contribution in [2.45, 2.75) is 20.3 Å². The molecule has 0 aromatic carbocycles. The Bertz CT molecular complexity index is 39.1. The molecule has 44 valence electrons. The molecule has 2 heteroatoms. The van der Waals surface area contributed by atoms with Crippen LogP contribution in [0.3, 0.4) is 0 Å². The van der Waals surface area contributed by atoms with E-state index in [0.717, 1.165) is 11.7 Å². The van der Waals surface area contributed by atoms with Crippen LogP contribution in [0.25, 0.3) is 0 Å². The molecule has 7 heavy (non-hydrogen) atoms. The molecule has 0 spiro atoms. The van der Waals surface area contributed by atoms with E-state index in [1.54, 1.807) is 0 Å². The van der Waals surface area contributed by atoms with Crippen LogP contribution in [0.5, 0.6) is 0 Å². The second-order valence-corrected chi connectivity index (χ2v) is 2.51. The lowest BCUT2D eigenvalue weighted by Crippen LogP contribution is -1.97. The summed E-state index contributed by atoms with van der Waals surface area (Å²) in [6.07, 6.45) is 1.24. The maximum atomic E-state index is 5.22. The van der Waals surface area contributed by atoms with E-state index in [4.69, 9.17) is 5.14 Å². The fourth-order valence-corrected chi connectivity index (χ4v) is 0.846. The summed E-state index contributed by atoms with van der Waals surface area (Å²) < 4.78 is 0. The van der Waals surface area contributed by atoms with Gasteiger partial charge in [0.15, 0.2) is 0 Å². The van der Waals surface area contributed by atoms with Gasteiger partial charge in [0.05, 0.1) is 0 Å². The molecule has 0 saturated carbocycles. The maximum Gasteiger partial charge on any atom is 0.0102 e. The van der Waals surface area contributed by atoms with Gasteiger partial charge in [0, 0.05) is 5.75 Å². The summed E-state index contributed by atoms with van der Waals surface area (Å²) in [4.78, 5) is 0. The summed E-state index contributed by atoms with van der Waals surface area (Å²) in [5.41, 5.74) is 0. The van der Waals surface area contributed by atoms with E-state index in [1.165, 1.54) is 18.4 Å². The second-order valence-electron chi connectivity index (χ2n) is 1.85. The molecule has 1 atom stereocenters. The molecule has 0 fully saturated rings. The number of hydrogen-bond acceptors (Lipinski definition) is 2. The van der Waals surface area contributed by atoms with Gasteiger partial charge in [-0.3, -0.25) is 5.14 Å². The Morgan fingerprint density at radius 3 is 2.43 bits per heavy atom. The first kappa shape index (κ1) is 7.31. The highest BCUT2D eigenvalue weighted by atomic mass is 32.2. The van der Waals surface area contributed by atoms with E-state index in [1.807, 2.05) is 0 Å². The fourth-order valence-electron chi connectivity index (χ4n) is 0.282. The quantitative estimate of drug-likeness (QED) is 0.571. The summed E-state index contributed by atoms with van der Waals surface area (Å²) in [6.45, 7) is 4.39. The van der Waals surface area contributed by atoms with Gasteiger partial charge < -0.3 is 0 Å². The molecule has 0 amide bonds. The summed E-state index contributed by atoms with van der Waals surface area (Å²) in [6, 6.07) is 0. The van der Waals surface area contributed by atoms with Crippen LogP contribution < -0.4 is 5.14 Å². The molecule has 0 radical (unpaired) electrons. The molecule has 0 aliphatic rings. The highest BCUT2D eigenvalue weighted by molar-refractivity contribution is 7.97. The Balaban J connectivity index is 2.83. The minimum atomic E-state index is 0.787. The zero-order chi connectivity index (χ0) is 5.70. The van der Waals surface area contributed by atoms with Gasteiger partial charge in [-0.15, -0.1) is 0 Å². The molecule has 0 rings (SSSR count). The molecule has 1 nitrogen and oxygen atoms in total. The zero-order valence-electron chi connectivity index (χ0n) is 4.98. The lowest BCUT2D eigenvalue weighted by molar-refractivity contribution is 0.637. The predicted molar refractivity (Wildman–Crippen MR) is 36.1 cm³/mol. The summed E-state index contributed by atoms with van der Waals surface area (Å²) in [7, 11) is 0. The van der Waals surface area contributed by atoms with Crippen LogP contribution in [-0.2, 0) is 0 Å². The minimum absolute atomic E-state index is 0.787. The third-order valence-electron chi connectivity index (χ3n) is 1.08. The highest BCUT2D eigenvalue weighted by Gasteiger charge is 1.93. The van der Waals surface area contributed by atoms with Crippen LogP contribution in [0.2, 0.25) is 0 Å². The summed E-state index contributed by atoms with van der Waals surface area (Å²) >= 11 is 1.43. The maximum absolute atomic E-state index is 5.22. The highest BCUT2D eigenvalue weighted by Crippen LogP contribution is 2.04. The molecule has 2 N–H and O–H groups in total. The van der Waals surface area contributed by atoms with Crippen molar-refractivity contribution in [3.63, 3.8) is 0 Å². The van der Waals surface area contributed by atoms with E-state index in [9.17, 15) is 0 Å². The topological polar surface area (TPSA) is 26.0 Å². The van der Waals surface area contributed by atoms with Gasteiger partial charge in [0.2, 0.25) is 0 Å². The fraction of sp³-hybridized carbons (Fsp3) is 1.00. The molecular weight excluding hydrogens is 106 g/mol. The van der Waals surface area contributed by atoms with Crippen molar-refractivity contribution in [2.75, 3.05) is 5.75 Å². The summed E-state index contributed by atoms with van der Waals surface area (Å²) in [5, 5.41) is 5.22. The van der Waals surface area contributed by atoms with Crippen molar-refractivity contribution in [2.24, 2.45) is 11.1 Å².